The van der Waals surface area contributed by atoms with Crippen LogP contribution < -0.4 is 0 Å². The Labute approximate surface area is 86.6 Å². The molecule has 70 valence electrons. The molecule has 0 aliphatic heterocycles. The number of hydrogen-bond donors (Lipinski definition) is 0. The predicted molar refractivity (Wildman–Crippen MR) is 58.5 cm³/mol. The summed E-state index contributed by atoms with van der Waals surface area (Å²) in [5.41, 5.74) is 0.816. The first-order valence-corrected chi connectivity index (χ1v) is 5.34. The number of pyridine rings is 1. The fraction of sp³-hybridized carbons (Fsp3) is 0.333. The topological polar surface area (TPSA) is 25.8 Å². The summed E-state index contributed by atoms with van der Waals surface area (Å²) in [7, 11) is 0. The van der Waals surface area contributed by atoms with Gasteiger partial charge in [-0.3, -0.25) is 0 Å². The Hall–Kier alpha value is -0.670. The largest absolute Gasteiger partial charge is 0.242 e. The van der Waals surface area contributed by atoms with E-state index in [1.54, 1.807) is 17.5 Å². The van der Waals surface area contributed by atoms with Crippen molar-refractivity contribution < 1.29 is 0 Å². The average molecular weight is 215 g/mol. The van der Waals surface area contributed by atoms with Gasteiger partial charge in [-0.2, -0.15) is 0 Å². The summed E-state index contributed by atoms with van der Waals surface area (Å²) in [4.78, 5) is 8.17. The zero-order valence-corrected chi connectivity index (χ0v) is 9.41. The van der Waals surface area contributed by atoms with Crippen molar-refractivity contribution >= 4 is 33.2 Å². The van der Waals surface area contributed by atoms with Crippen LogP contribution in [0.2, 0.25) is 5.15 Å². The van der Waals surface area contributed by atoms with Crippen molar-refractivity contribution in [2.24, 2.45) is 0 Å². The highest BCUT2D eigenvalue weighted by Crippen LogP contribution is 2.25. The molecule has 0 N–H and O–H groups in total. The van der Waals surface area contributed by atoms with Gasteiger partial charge in [0.05, 0.1) is 9.71 Å². The zero-order valence-electron chi connectivity index (χ0n) is 7.84. The maximum absolute atomic E-state index is 5.80. The average Bonchev–Trinajstić information content (AvgIpc) is 2.51. The minimum absolute atomic E-state index is 0.492. The Balaban J connectivity index is 0.000000396. The van der Waals surface area contributed by atoms with Gasteiger partial charge in [-0.15, -0.1) is 11.3 Å². The lowest BCUT2D eigenvalue weighted by Gasteiger charge is -1.87. The maximum atomic E-state index is 5.80. The molecule has 0 amide bonds. The van der Waals surface area contributed by atoms with Crippen LogP contribution in [0.15, 0.2) is 12.3 Å². The number of hydrogen-bond acceptors (Lipinski definition) is 3. The first-order valence-electron chi connectivity index (χ1n) is 4.15. The van der Waals surface area contributed by atoms with Crippen molar-refractivity contribution in [3.05, 3.63) is 22.4 Å². The first-order chi connectivity index (χ1) is 6.27. The molecule has 0 spiro atoms. The molecular formula is C9H11ClN2S. The minimum atomic E-state index is 0.492. The second-order valence-corrected chi connectivity index (χ2v) is 3.77. The Bertz CT molecular complexity index is 397. The number of aromatic nitrogens is 2. The van der Waals surface area contributed by atoms with Gasteiger partial charge < -0.3 is 0 Å². The molecule has 13 heavy (non-hydrogen) atoms. The van der Waals surface area contributed by atoms with Crippen LogP contribution in [-0.2, 0) is 0 Å². The summed E-state index contributed by atoms with van der Waals surface area (Å²) >= 11 is 7.43. The van der Waals surface area contributed by atoms with E-state index in [9.17, 15) is 0 Å². The van der Waals surface area contributed by atoms with Gasteiger partial charge in [0.15, 0.2) is 5.15 Å². The second kappa shape index (κ2) is 4.53. The van der Waals surface area contributed by atoms with Crippen LogP contribution in [0.25, 0.3) is 10.2 Å². The SMILES string of the molecule is CC.Cc1nc2c(Cl)nccc2s1. The minimum Gasteiger partial charge on any atom is -0.242 e. The van der Waals surface area contributed by atoms with E-state index in [1.807, 2.05) is 26.8 Å². The number of nitrogens with zero attached hydrogens (tertiary/aromatic N) is 2. The summed E-state index contributed by atoms with van der Waals surface area (Å²) in [5.74, 6) is 0. The van der Waals surface area contributed by atoms with E-state index >= 15 is 0 Å². The second-order valence-electron chi connectivity index (χ2n) is 2.18. The van der Waals surface area contributed by atoms with Crippen molar-refractivity contribution in [3.63, 3.8) is 0 Å². The van der Waals surface area contributed by atoms with Gasteiger partial charge in [-0.25, -0.2) is 9.97 Å². The summed E-state index contributed by atoms with van der Waals surface area (Å²) in [6, 6.07) is 1.92. The lowest BCUT2D eigenvalue weighted by molar-refractivity contribution is 1.30. The third-order valence-corrected chi connectivity index (χ3v) is 2.58. The van der Waals surface area contributed by atoms with Crippen molar-refractivity contribution in [3.8, 4) is 0 Å². The van der Waals surface area contributed by atoms with Gasteiger partial charge >= 0.3 is 0 Å². The van der Waals surface area contributed by atoms with Gasteiger partial charge in [-0.1, -0.05) is 25.4 Å². The van der Waals surface area contributed by atoms with E-state index in [2.05, 4.69) is 9.97 Å². The van der Waals surface area contributed by atoms with E-state index in [1.165, 1.54) is 0 Å². The van der Waals surface area contributed by atoms with Gasteiger partial charge in [0.1, 0.15) is 5.52 Å². The van der Waals surface area contributed by atoms with Crippen molar-refractivity contribution in [2.75, 3.05) is 0 Å². The number of aryl methyl sites for hydroxylation is 1. The van der Waals surface area contributed by atoms with E-state index in [4.69, 9.17) is 11.6 Å². The first kappa shape index (κ1) is 10.4. The van der Waals surface area contributed by atoms with Gasteiger partial charge in [0.25, 0.3) is 0 Å². The number of thiazole rings is 1. The molecule has 4 heteroatoms. The molecule has 0 aliphatic rings. The molecule has 0 unspecified atom stereocenters. The van der Waals surface area contributed by atoms with E-state index in [0.29, 0.717) is 5.15 Å². The van der Waals surface area contributed by atoms with Gasteiger partial charge in [0, 0.05) is 6.20 Å². The van der Waals surface area contributed by atoms with Crippen molar-refractivity contribution in [2.45, 2.75) is 20.8 Å². The van der Waals surface area contributed by atoms with Crippen LogP contribution in [0.1, 0.15) is 18.9 Å². The molecule has 0 saturated heterocycles. The molecule has 0 aliphatic carbocycles. The summed E-state index contributed by atoms with van der Waals surface area (Å²) in [6.07, 6.45) is 1.70. The summed E-state index contributed by atoms with van der Waals surface area (Å²) < 4.78 is 1.10. The van der Waals surface area contributed by atoms with Crippen molar-refractivity contribution in [1.29, 1.82) is 0 Å². The lowest BCUT2D eigenvalue weighted by atomic mass is 10.4. The molecule has 2 rings (SSSR count). The number of halogens is 1. The normalized spacial score (nSPS) is 9.54. The highest BCUT2D eigenvalue weighted by Gasteiger charge is 2.03. The molecule has 0 saturated carbocycles. The van der Waals surface area contributed by atoms with Crippen LogP contribution in [-0.4, -0.2) is 9.97 Å². The quantitative estimate of drug-likeness (QED) is 0.626. The van der Waals surface area contributed by atoms with E-state index in [0.717, 1.165) is 15.2 Å². The maximum Gasteiger partial charge on any atom is 0.156 e. The van der Waals surface area contributed by atoms with Crippen LogP contribution >= 0.6 is 22.9 Å². The van der Waals surface area contributed by atoms with E-state index < -0.39 is 0 Å². The molecule has 0 fully saturated rings. The molecule has 2 heterocycles. The zero-order chi connectivity index (χ0) is 9.84. The molecule has 0 atom stereocenters. The van der Waals surface area contributed by atoms with Crippen LogP contribution in [0.3, 0.4) is 0 Å². The highest BCUT2D eigenvalue weighted by molar-refractivity contribution is 7.18. The Morgan fingerprint density at radius 3 is 2.69 bits per heavy atom. The standard InChI is InChI=1S/C7H5ClN2S.C2H6/c1-4-10-6-5(11-4)2-3-9-7(6)8;1-2/h2-3H,1H3;1-2H3. The Morgan fingerprint density at radius 1 is 1.38 bits per heavy atom. The highest BCUT2D eigenvalue weighted by atomic mass is 35.5. The van der Waals surface area contributed by atoms with Crippen molar-refractivity contribution in [1.82, 2.24) is 9.97 Å². The Morgan fingerprint density at radius 2 is 2.08 bits per heavy atom. The summed E-state index contributed by atoms with van der Waals surface area (Å²) in [6.45, 7) is 5.96. The van der Waals surface area contributed by atoms with Crippen LogP contribution in [0, 0.1) is 6.92 Å². The van der Waals surface area contributed by atoms with E-state index in [-0.39, 0.29) is 0 Å². The van der Waals surface area contributed by atoms with Crippen LogP contribution in [0.4, 0.5) is 0 Å². The molecule has 0 aromatic carbocycles. The third-order valence-electron chi connectivity index (χ3n) is 1.37. The fourth-order valence-electron chi connectivity index (χ4n) is 0.935. The number of rotatable bonds is 0. The van der Waals surface area contributed by atoms with Crippen LogP contribution in [0.5, 0.6) is 0 Å². The lowest BCUT2D eigenvalue weighted by Crippen LogP contribution is -1.75. The predicted octanol–water partition coefficient (Wildman–Crippen LogP) is 3.68. The monoisotopic (exact) mass is 214 g/mol. The third kappa shape index (κ3) is 2.17. The molecule has 0 radical (unpaired) electrons. The fourth-order valence-corrected chi connectivity index (χ4v) is 2.01. The summed E-state index contributed by atoms with van der Waals surface area (Å²) in [5, 5.41) is 1.52. The van der Waals surface area contributed by atoms with Gasteiger partial charge in [0.2, 0.25) is 0 Å². The molecule has 2 nitrogen and oxygen atoms in total. The smallest absolute Gasteiger partial charge is 0.156 e. The molecule has 0 bridgehead atoms. The Kier molecular flexibility index (Phi) is 3.63. The molecule has 2 aromatic heterocycles. The molecule has 2 aromatic rings. The number of fused-ring (bicyclic) bond motifs is 1. The van der Waals surface area contributed by atoms with Gasteiger partial charge in [-0.05, 0) is 13.0 Å². The molecular weight excluding hydrogens is 204 g/mol.